The van der Waals surface area contributed by atoms with E-state index in [2.05, 4.69) is 0 Å². The number of hydrogen-bond acceptors (Lipinski definition) is 5. The number of imide groups is 1. The summed E-state index contributed by atoms with van der Waals surface area (Å²) in [7, 11) is 0. The maximum absolute atomic E-state index is 12.4. The van der Waals surface area contributed by atoms with Crippen molar-refractivity contribution in [2.45, 2.75) is 27.2 Å². The molecule has 3 aliphatic rings. The topological polar surface area (TPSA) is 80.8 Å². The van der Waals surface area contributed by atoms with Crippen LogP contribution in [0.1, 0.15) is 27.2 Å². The number of rotatable bonds is 4. The van der Waals surface area contributed by atoms with Gasteiger partial charge in [-0.15, -0.1) is 0 Å². The summed E-state index contributed by atoms with van der Waals surface area (Å²) in [6, 6.07) is 0. The van der Waals surface area contributed by atoms with Crippen LogP contribution in [0.3, 0.4) is 0 Å². The number of hydrogen-bond donors (Lipinski definition) is 0. The van der Waals surface area contributed by atoms with Crippen LogP contribution >= 0.6 is 0 Å². The summed E-state index contributed by atoms with van der Waals surface area (Å²) in [6.07, 6.45) is 4.85. The van der Waals surface area contributed by atoms with E-state index in [1.165, 1.54) is 0 Å². The van der Waals surface area contributed by atoms with Crippen molar-refractivity contribution in [3.05, 3.63) is 12.2 Å². The van der Waals surface area contributed by atoms with Crippen LogP contribution in [0.5, 0.6) is 0 Å². The molecule has 23 heavy (non-hydrogen) atoms. The minimum absolute atomic E-state index is 0.116. The molecule has 6 nitrogen and oxygen atoms in total. The van der Waals surface area contributed by atoms with Gasteiger partial charge >= 0.3 is 5.97 Å². The molecule has 0 aromatic heterocycles. The summed E-state index contributed by atoms with van der Waals surface area (Å²) in [6.45, 7) is 4.47. The molecule has 6 heteroatoms. The summed E-state index contributed by atoms with van der Waals surface area (Å²) < 4.78 is 4.93. The Labute approximate surface area is 134 Å². The van der Waals surface area contributed by atoms with Crippen LogP contribution in [0, 0.1) is 29.1 Å². The Morgan fingerprint density at radius 2 is 1.65 bits per heavy atom. The molecule has 124 valence electrons. The fourth-order valence-electron chi connectivity index (χ4n) is 3.66. The molecule has 4 atom stereocenters. The molecular weight excluding hydrogens is 298 g/mol. The number of fused-ring (bicyclic) bond motifs is 5. The molecule has 0 spiro atoms. The monoisotopic (exact) mass is 319 g/mol. The number of nitrogens with zero attached hydrogens (tertiary/aromatic N) is 1. The zero-order valence-electron chi connectivity index (χ0n) is 13.6. The largest absolute Gasteiger partial charge is 0.456 e. The predicted molar refractivity (Wildman–Crippen MR) is 79.9 cm³/mol. The molecule has 1 aliphatic heterocycles. The maximum atomic E-state index is 12.4. The fraction of sp³-hybridized carbons (Fsp3) is 0.647. The van der Waals surface area contributed by atoms with Crippen molar-refractivity contribution in [1.29, 1.82) is 0 Å². The van der Waals surface area contributed by atoms with E-state index >= 15 is 0 Å². The highest BCUT2D eigenvalue weighted by Crippen LogP contribution is 2.52. The van der Waals surface area contributed by atoms with Crippen LogP contribution in [-0.4, -0.2) is 41.6 Å². The number of allylic oxidation sites excluding steroid dienone is 2. The van der Waals surface area contributed by atoms with E-state index < -0.39 is 17.9 Å². The molecule has 2 bridgehead atoms. The SMILES string of the molecule is CC(C)(C)C(=O)COC(=O)CN1C(=O)[C@@H]2[C@H](C1=O)[C@H]1C=C[C@H]2C1. The maximum Gasteiger partial charge on any atom is 0.326 e. The lowest BCUT2D eigenvalue weighted by atomic mass is 9.85. The first kappa shape index (κ1) is 15.9. The summed E-state index contributed by atoms with van der Waals surface area (Å²) in [5.41, 5.74) is -0.596. The van der Waals surface area contributed by atoms with E-state index in [1.54, 1.807) is 20.8 Å². The molecule has 1 saturated carbocycles. The van der Waals surface area contributed by atoms with Crippen molar-refractivity contribution in [2.24, 2.45) is 29.1 Å². The van der Waals surface area contributed by atoms with Crippen molar-refractivity contribution < 1.29 is 23.9 Å². The highest BCUT2D eigenvalue weighted by atomic mass is 16.5. The second kappa shape index (κ2) is 5.28. The van der Waals surface area contributed by atoms with Gasteiger partial charge in [-0.3, -0.25) is 24.1 Å². The van der Waals surface area contributed by atoms with Crippen molar-refractivity contribution in [3.63, 3.8) is 0 Å². The van der Waals surface area contributed by atoms with E-state index in [1.807, 2.05) is 12.2 Å². The lowest BCUT2D eigenvalue weighted by Crippen LogP contribution is -2.38. The molecule has 0 unspecified atom stereocenters. The Morgan fingerprint density at radius 3 is 2.13 bits per heavy atom. The lowest BCUT2D eigenvalue weighted by Gasteiger charge is -2.18. The summed E-state index contributed by atoms with van der Waals surface area (Å²) >= 11 is 0. The first-order valence-corrected chi connectivity index (χ1v) is 7.92. The predicted octanol–water partition coefficient (Wildman–Crippen LogP) is 0.952. The molecule has 0 radical (unpaired) electrons. The third-order valence-electron chi connectivity index (χ3n) is 5.05. The van der Waals surface area contributed by atoms with Gasteiger partial charge < -0.3 is 4.74 Å². The number of carbonyl (C=O) groups excluding carboxylic acids is 4. The quantitative estimate of drug-likeness (QED) is 0.438. The van der Waals surface area contributed by atoms with Crippen LogP contribution in [0.4, 0.5) is 0 Å². The van der Waals surface area contributed by atoms with Gasteiger partial charge in [-0.05, 0) is 18.3 Å². The molecule has 0 aromatic carbocycles. The normalized spacial score (nSPS) is 31.7. The van der Waals surface area contributed by atoms with Gasteiger partial charge in [0.05, 0.1) is 11.8 Å². The summed E-state index contributed by atoms with van der Waals surface area (Å²) in [5.74, 6) is -1.89. The second-order valence-electron chi connectivity index (χ2n) is 7.60. The van der Waals surface area contributed by atoms with Crippen LogP contribution in [-0.2, 0) is 23.9 Å². The average molecular weight is 319 g/mol. The third kappa shape index (κ3) is 2.60. The first-order valence-electron chi connectivity index (χ1n) is 7.92. The van der Waals surface area contributed by atoms with Crippen LogP contribution in [0.25, 0.3) is 0 Å². The fourth-order valence-corrected chi connectivity index (χ4v) is 3.66. The Kier molecular flexibility index (Phi) is 3.65. The molecule has 1 heterocycles. The Hall–Kier alpha value is -1.98. The highest BCUT2D eigenvalue weighted by Gasteiger charge is 2.59. The first-order chi connectivity index (χ1) is 10.7. The number of ether oxygens (including phenoxy) is 1. The molecule has 2 amide bonds. The van der Waals surface area contributed by atoms with E-state index in [-0.39, 0.29) is 47.9 Å². The number of ketones is 1. The number of likely N-dealkylation sites (tertiary alicyclic amines) is 1. The van der Waals surface area contributed by atoms with Gasteiger partial charge in [0, 0.05) is 5.41 Å². The molecule has 1 saturated heterocycles. The van der Waals surface area contributed by atoms with Crippen LogP contribution < -0.4 is 0 Å². The number of carbonyl (C=O) groups is 4. The highest BCUT2D eigenvalue weighted by molar-refractivity contribution is 6.08. The third-order valence-corrected chi connectivity index (χ3v) is 5.05. The molecule has 0 aromatic rings. The zero-order chi connectivity index (χ0) is 16.9. The molecule has 3 rings (SSSR count). The van der Waals surface area contributed by atoms with Gasteiger partial charge in [0.1, 0.15) is 6.54 Å². The summed E-state index contributed by atoms with van der Waals surface area (Å²) in [5, 5.41) is 0. The molecule has 2 aliphatic carbocycles. The minimum Gasteiger partial charge on any atom is -0.456 e. The molecule has 2 fully saturated rings. The number of esters is 1. The zero-order valence-corrected chi connectivity index (χ0v) is 13.6. The standard InChI is InChI=1S/C17H21NO5/c1-17(2,3)11(19)8-23-12(20)7-18-15(21)13-9-4-5-10(6-9)14(13)16(18)22/h4-5,9-10,13-14H,6-8H2,1-3H3/t9-,10-,13-,14+/m0/s1. The number of Topliss-reactive ketones (excluding diaryl/α,β-unsaturated/α-hetero) is 1. The average Bonchev–Trinajstić information content (AvgIpc) is 3.13. The van der Waals surface area contributed by atoms with E-state index in [9.17, 15) is 19.2 Å². The smallest absolute Gasteiger partial charge is 0.326 e. The Balaban J connectivity index is 1.59. The minimum atomic E-state index is -0.718. The Bertz CT molecular complexity index is 585. The van der Waals surface area contributed by atoms with Crippen molar-refractivity contribution in [3.8, 4) is 0 Å². The van der Waals surface area contributed by atoms with Gasteiger partial charge in [-0.25, -0.2) is 0 Å². The van der Waals surface area contributed by atoms with Gasteiger partial charge in [0.15, 0.2) is 12.4 Å². The van der Waals surface area contributed by atoms with E-state index in [0.29, 0.717) is 0 Å². The van der Waals surface area contributed by atoms with Crippen LogP contribution in [0.2, 0.25) is 0 Å². The molecule has 0 N–H and O–H groups in total. The second-order valence-corrected chi connectivity index (χ2v) is 7.60. The van der Waals surface area contributed by atoms with Gasteiger partial charge in [0.2, 0.25) is 11.8 Å². The summed E-state index contributed by atoms with van der Waals surface area (Å²) in [4.78, 5) is 49.5. The van der Waals surface area contributed by atoms with Crippen molar-refractivity contribution in [2.75, 3.05) is 13.2 Å². The Morgan fingerprint density at radius 1 is 1.13 bits per heavy atom. The molecular formula is C17H21NO5. The van der Waals surface area contributed by atoms with Gasteiger partial charge in [-0.2, -0.15) is 0 Å². The number of amides is 2. The van der Waals surface area contributed by atoms with E-state index in [0.717, 1.165) is 11.3 Å². The van der Waals surface area contributed by atoms with E-state index in [4.69, 9.17) is 4.74 Å². The van der Waals surface area contributed by atoms with Gasteiger partial charge in [0.25, 0.3) is 0 Å². The lowest BCUT2D eigenvalue weighted by molar-refractivity contribution is -0.156. The van der Waals surface area contributed by atoms with Crippen molar-refractivity contribution >= 4 is 23.6 Å². The van der Waals surface area contributed by atoms with Crippen molar-refractivity contribution in [1.82, 2.24) is 4.90 Å². The van der Waals surface area contributed by atoms with Crippen LogP contribution in [0.15, 0.2) is 12.2 Å². The van der Waals surface area contributed by atoms with Gasteiger partial charge in [-0.1, -0.05) is 32.9 Å².